The van der Waals surface area contributed by atoms with E-state index in [0.29, 0.717) is 79.2 Å². The van der Waals surface area contributed by atoms with Crippen LogP contribution in [-0.4, -0.2) is 168 Å². The topological polar surface area (TPSA) is 157 Å². The minimum absolute atomic E-state index is 0.00424. The Hall–Kier alpha value is -2.60. The third kappa shape index (κ3) is 58.4. The van der Waals surface area contributed by atoms with Crippen LogP contribution in [0.25, 0.3) is 0 Å². The minimum Gasteiger partial charge on any atom is -0.484 e. The number of esters is 2. The zero-order valence-electron chi connectivity index (χ0n) is 54.8. The Morgan fingerprint density at radius 3 is 1.31 bits per heavy atom. The summed E-state index contributed by atoms with van der Waals surface area (Å²) in [4.78, 5) is 26.1. The van der Waals surface area contributed by atoms with Gasteiger partial charge in [0.15, 0.2) is 5.76 Å². The predicted octanol–water partition coefficient (Wildman–Crippen LogP) is 14.7. The van der Waals surface area contributed by atoms with Crippen LogP contribution in [0.5, 0.6) is 0 Å². The Balaban J connectivity index is 2.51. The predicted molar refractivity (Wildman–Crippen MR) is 345 cm³/mol. The second-order valence-electron chi connectivity index (χ2n) is 22.8. The van der Waals surface area contributed by atoms with E-state index in [1.807, 2.05) is 0 Å². The van der Waals surface area contributed by atoms with Crippen molar-refractivity contribution >= 4 is 11.9 Å². The standard InChI is InChI=1S/C69H131N3O12/c1-5-8-11-14-17-19-21-23-25-27-29-31-33-35-38-41-47-80-63-65(81-48-42-39-36-34-32-30-28-26-24-22-20-18-15-12-9-6-2)62-72(46-40-37-16-13-10-7-3)66(67-64-84-67)43-49-76-52-53-77-54-55-78-56-57-79-58-59-83-69(74)61-71-45-51-82-68(73)60-70-44-50-75-4/h23-26,65,70-71H,5-22,27-64H2,1-4H3/b25-23-,26-24-,67-66+. The molecule has 0 saturated carbocycles. The van der Waals surface area contributed by atoms with Gasteiger partial charge in [-0.3, -0.25) is 9.59 Å². The highest BCUT2D eigenvalue weighted by molar-refractivity contribution is 5.72. The molecule has 0 aromatic rings. The lowest BCUT2D eigenvalue weighted by Crippen LogP contribution is -2.37. The van der Waals surface area contributed by atoms with Crippen LogP contribution in [0.1, 0.15) is 245 Å². The number of nitrogens with one attached hydrogen (secondary N) is 2. The second kappa shape index (κ2) is 66.4. The molecule has 1 rings (SSSR count). The van der Waals surface area contributed by atoms with Crippen LogP contribution in [0.15, 0.2) is 35.8 Å². The van der Waals surface area contributed by atoms with Crippen LogP contribution < -0.4 is 10.6 Å². The molecule has 1 fully saturated rings. The first-order valence-corrected chi connectivity index (χ1v) is 34.7. The number of hydrogen-bond donors (Lipinski definition) is 2. The van der Waals surface area contributed by atoms with Crippen molar-refractivity contribution in [3.63, 3.8) is 0 Å². The van der Waals surface area contributed by atoms with Crippen LogP contribution in [-0.2, 0) is 57.0 Å². The van der Waals surface area contributed by atoms with E-state index in [-0.39, 0.29) is 45.0 Å². The van der Waals surface area contributed by atoms with Gasteiger partial charge in [0.2, 0.25) is 0 Å². The zero-order valence-corrected chi connectivity index (χ0v) is 54.8. The van der Waals surface area contributed by atoms with Crippen molar-refractivity contribution in [2.45, 2.75) is 252 Å². The van der Waals surface area contributed by atoms with Crippen molar-refractivity contribution < 1.29 is 57.0 Å². The van der Waals surface area contributed by atoms with Gasteiger partial charge >= 0.3 is 11.9 Å². The van der Waals surface area contributed by atoms with Gasteiger partial charge in [0.05, 0.1) is 91.0 Å². The highest BCUT2D eigenvalue weighted by Gasteiger charge is 2.27. The maximum absolute atomic E-state index is 11.9. The first kappa shape index (κ1) is 79.4. The SMILES string of the molecule is CCCCCCCC/C=C\CCCCCCCCOCC(CN(CCCCCCCC)/C(CCOCCOCCOCCOCCOC(=O)CNCCOC(=O)CNCCOC)=C1\CO1)OCCCCCCCC/C=C\CCCCCCCC. The van der Waals surface area contributed by atoms with Crippen LogP contribution in [0.4, 0.5) is 0 Å². The number of epoxide rings is 1. The fourth-order valence-corrected chi connectivity index (χ4v) is 9.80. The molecule has 15 heteroatoms. The maximum atomic E-state index is 11.9. The van der Waals surface area contributed by atoms with E-state index in [0.717, 1.165) is 57.7 Å². The first-order valence-electron chi connectivity index (χ1n) is 34.7. The summed E-state index contributed by atoms with van der Waals surface area (Å²) in [6, 6.07) is 0. The molecule has 84 heavy (non-hydrogen) atoms. The van der Waals surface area contributed by atoms with Crippen LogP contribution in [0, 0.1) is 0 Å². The fraction of sp³-hybridized carbons (Fsp3) is 0.884. The molecule has 1 atom stereocenters. The zero-order chi connectivity index (χ0) is 60.4. The van der Waals surface area contributed by atoms with Crippen molar-refractivity contribution in [1.29, 1.82) is 0 Å². The average Bonchev–Trinajstić information content (AvgIpc) is 4.48. The molecule has 1 heterocycles. The number of carbonyl (C=O) groups is 2. The number of nitrogens with zero attached hydrogens (tertiary/aromatic N) is 1. The van der Waals surface area contributed by atoms with Crippen LogP contribution in [0.3, 0.4) is 0 Å². The average molecular weight is 1190 g/mol. The summed E-state index contributed by atoms with van der Waals surface area (Å²) >= 11 is 0. The molecule has 0 aromatic heterocycles. The van der Waals surface area contributed by atoms with Gasteiger partial charge in [-0.15, -0.1) is 0 Å². The summed E-state index contributed by atoms with van der Waals surface area (Å²) in [6.45, 7) is 17.0. The Morgan fingerprint density at radius 1 is 0.452 bits per heavy atom. The molecule has 1 aliphatic heterocycles. The smallest absolute Gasteiger partial charge is 0.320 e. The Labute approximate surface area is 515 Å². The van der Waals surface area contributed by atoms with Crippen molar-refractivity contribution in [3.8, 4) is 0 Å². The molecule has 494 valence electrons. The van der Waals surface area contributed by atoms with Gasteiger partial charge in [0, 0.05) is 52.9 Å². The number of carbonyl (C=O) groups excluding carboxylic acids is 2. The monoisotopic (exact) mass is 1190 g/mol. The number of unbranched alkanes of at least 4 members (excludes halogenated alkanes) is 29. The van der Waals surface area contributed by atoms with Crippen LogP contribution >= 0.6 is 0 Å². The minimum atomic E-state index is -0.401. The lowest BCUT2D eigenvalue weighted by Gasteiger charge is -2.31. The Morgan fingerprint density at radius 2 is 0.845 bits per heavy atom. The normalized spacial score (nSPS) is 13.3. The summed E-state index contributed by atoms with van der Waals surface area (Å²) in [5.41, 5.74) is 1.25. The molecule has 1 unspecified atom stereocenters. The number of methoxy groups -OCH3 is 1. The molecule has 0 spiro atoms. The van der Waals surface area contributed by atoms with E-state index >= 15 is 0 Å². The molecule has 1 saturated heterocycles. The molecular weight excluding hydrogens is 1060 g/mol. The molecule has 0 radical (unpaired) electrons. The molecular formula is C69H131N3O12. The molecule has 0 amide bonds. The Bertz CT molecular complexity index is 1480. The quantitative estimate of drug-likeness (QED) is 0.0256. The van der Waals surface area contributed by atoms with Gasteiger partial charge in [-0.25, -0.2) is 0 Å². The molecule has 1 aliphatic rings. The lowest BCUT2D eigenvalue weighted by molar-refractivity contribution is -0.144. The fourth-order valence-electron chi connectivity index (χ4n) is 9.80. The van der Waals surface area contributed by atoms with Gasteiger partial charge in [0.1, 0.15) is 19.8 Å². The van der Waals surface area contributed by atoms with E-state index in [2.05, 4.69) is 60.6 Å². The number of ether oxygens (including phenoxy) is 10. The molecule has 15 nitrogen and oxygen atoms in total. The van der Waals surface area contributed by atoms with Crippen molar-refractivity contribution in [2.24, 2.45) is 0 Å². The van der Waals surface area contributed by atoms with Gasteiger partial charge in [-0.2, -0.15) is 0 Å². The summed E-state index contributed by atoms with van der Waals surface area (Å²) in [7, 11) is 1.60. The van der Waals surface area contributed by atoms with Crippen molar-refractivity contribution in [3.05, 3.63) is 35.8 Å². The van der Waals surface area contributed by atoms with E-state index in [4.69, 9.17) is 47.4 Å². The second-order valence-corrected chi connectivity index (χ2v) is 22.8. The van der Waals surface area contributed by atoms with E-state index < -0.39 is 5.97 Å². The molecule has 0 aliphatic carbocycles. The molecule has 0 aromatic carbocycles. The third-order valence-corrected chi connectivity index (χ3v) is 15.0. The number of allylic oxidation sites excluding steroid dienone is 4. The number of rotatable bonds is 70. The van der Waals surface area contributed by atoms with Gasteiger partial charge in [0.25, 0.3) is 0 Å². The first-order chi connectivity index (χ1) is 41.5. The molecule has 2 N–H and O–H groups in total. The van der Waals surface area contributed by atoms with Gasteiger partial charge in [-0.1, -0.05) is 193 Å². The van der Waals surface area contributed by atoms with Gasteiger partial charge < -0.3 is 62.9 Å². The van der Waals surface area contributed by atoms with Gasteiger partial charge in [-0.05, 0) is 70.6 Å². The van der Waals surface area contributed by atoms with Crippen molar-refractivity contribution in [2.75, 3.05) is 145 Å². The third-order valence-electron chi connectivity index (χ3n) is 15.0. The summed E-state index contributed by atoms with van der Waals surface area (Å²) in [6.07, 6.45) is 54.5. The summed E-state index contributed by atoms with van der Waals surface area (Å²) in [5, 5.41) is 5.82. The summed E-state index contributed by atoms with van der Waals surface area (Å²) in [5.74, 6) is 0.329. The largest absolute Gasteiger partial charge is 0.484 e. The molecule has 0 bridgehead atoms. The maximum Gasteiger partial charge on any atom is 0.320 e. The Kier molecular flexibility index (Phi) is 62.7. The van der Waals surface area contributed by atoms with E-state index in [1.54, 1.807) is 7.11 Å². The summed E-state index contributed by atoms with van der Waals surface area (Å²) < 4.78 is 57.4. The van der Waals surface area contributed by atoms with E-state index in [9.17, 15) is 9.59 Å². The highest BCUT2D eigenvalue weighted by Crippen LogP contribution is 2.27. The van der Waals surface area contributed by atoms with E-state index in [1.165, 1.54) is 205 Å². The highest BCUT2D eigenvalue weighted by atomic mass is 16.6. The van der Waals surface area contributed by atoms with Crippen LogP contribution in [0.2, 0.25) is 0 Å². The van der Waals surface area contributed by atoms with Crippen molar-refractivity contribution in [1.82, 2.24) is 15.5 Å². The lowest BCUT2D eigenvalue weighted by atomic mass is 10.1. The number of hydrogen-bond acceptors (Lipinski definition) is 15.